The second-order valence-corrected chi connectivity index (χ2v) is 6.50. The average molecular weight is 424 g/mol. The van der Waals surface area contributed by atoms with E-state index in [1.165, 1.54) is 7.11 Å². The van der Waals surface area contributed by atoms with Crippen LogP contribution >= 0.6 is 0 Å². The fourth-order valence-corrected chi connectivity index (χ4v) is 3.12. The number of rotatable bonds is 10. The lowest BCUT2D eigenvalue weighted by molar-refractivity contribution is 0.0438. The standard InChI is InChI=1S/C23H24N2O6/c1-4-29-23(26)20-7-5-17(11-22(20)31-15-28-3)25-14-16(13-24)19-8-6-18(12-21(19)25)30-10-9-27-2/h5-8,11-12,14H,4,9-10,15H2,1-3H3. The lowest BCUT2D eigenvalue weighted by Crippen LogP contribution is -2.10. The largest absolute Gasteiger partial charge is 0.491 e. The molecule has 8 nitrogen and oxygen atoms in total. The van der Waals surface area contributed by atoms with E-state index in [0.29, 0.717) is 41.5 Å². The number of carbonyl (C=O) groups is 1. The molecule has 0 aliphatic heterocycles. The van der Waals surface area contributed by atoms with Gasteiger partial charge in [-0.2, -0.15) is 5.26 Å². The van der Waals surface area contributed by atoms with Gasteiger partial charge >= 0.3 is 5.97 Å². The van der Waals surface area contributed by atoms with E-state index < -0.39 is 5.97 Å². The summed E-state index contributed by atoms with van der Waals surface area (Å²) < 4.78 is 28.3. The number of hydrogen-bond donors (Lipinski definition) is 0. The van der Waals surface area contributed by atoms with Gasteiger partial charge in [0.25, 0.3) is 0 Å². The van der Waals surface area contributed by atoms with Crippen LogP contribution < -0.4 is 9.47 Å². The average Bonchev–Trinajstić information content (AvgIpc) is 3.16. The van der Waals surface area contributed by atoms with Crippen LogP contribution in [0, 0.1) is 11.3 Å². The van der Waals surface area contributed by atoms with Gasteiger partial charge < -0.3 is 28.3 Å². The van der Waals surface area contributed by atoms with Crippen molar-refractivity contribution in [3.63, 3.8) is 0 Å². The summed E-state index contributed by atoms with van der Waals surface area (Å²) in [6, 6.07) is 12.9. The summed E-state index contributed by atoms with van der Waals surface area (Å²) in [4.78, 5) is 12.3. The zero-order valence-corrected chi connectivity index (χ0v) is 17.7. The molecule has 2 aromatic carbocycles. The second kappa shape index (κ2) is 10.5. The first-order valence-electron chi connectivity index (χ1n) is 9.73. The van der Waals surface area contributed by atoms with E-state index in [4.69, 9.17) is 23.7 Å². The summed E-state index contributed by atoms with van der Waals surface area (Å²) in [5, 5.41) is 10.4. The third-order valence-corrected chi connectivity index (χ3v) is 4.52. The molecule has 0 saturated heterocycles. The molecule has 3 aromatic rings. The van der Waals surface area contributed by atoms with Crippen molar-refractivity contribution >= 4 is 16.9 Å². The molecule has 0 radical (unpaired) electrons. The summed E-state index contributed by atoms with van der Waals surface area (Å²) in [5.74, 6) is 0.502. The number of esters is 1. The summed E-state index contributed by atoms with van der Waals surface area (Å²) >= 11 is 0. The minimum atomic E-state index is -0.482. The molecule has 162 valence electrons. The normalized spacial score (nSPS) is 10.6. The minimum absolute atomic E-state index is 0.0246. The Morgan fingerprint density at radius 1 is 1.06 bits per heavy atom. The van der Waals surface area contributed by atoms with Crippen LogP contribution in [0.15, 0.2) is 42.6 Å². The molecule has 8 heteroatoms. The quantitative estimate of drug-likeness (QED) is 0.278. The number of fused-ring (bicyclic) bond motifs is 1. The zero-order valence-electron chi connectivity index (χ0n) is 17.7. The Morgan fingerprint density at radius 3 is 2.61 bits per heavy atom. The Bertz CT molecular complexity index is 1100. The number of benzene rings is 2. The lowest BCUT2D eigenvalue weighted by Gasteiger charge is -2.13. The number of nitriles is 1. The number of methoxy groups -OCH3 is 2. The molecule has 0 N–H and O–H groups in total. The van der Waals surface area contributed by atoms with Gasteiger partial charge in [0.2, 0.25) is 0 Å². The van der Waals surface area contributed by atoms with Crippen LogP contribution in [0.2, 0.25) is 0 Å². The second-order valence-electron chi connectivity index (χ2n) is 6.50. The summed E-state index contributed by atoms with van der Waals surface area (Å²) in [6.45, 7) is 2.85. The van der Waals surface area contributed by atoms with Crippen molar-refractivity contribution in [3.8, 4) is 23.3 Å². The van der Waals surface area contributed by atoms with Gasteiger partial charge in [-0.1, -0.05) is 0 Å². The van der Waals surface area contributed by atoms with Crippen molar-refractivity contribution in [2.24, 2.45) is 0 Å². The smallest absolute Gasteiger partial charge is 0.341 e. The van der Waals surface area contributed by atoms with Gasteiger partial charge in [-0.15, -0.1) is 0 Å². The van der Waals surface area contributed by atoms with Gasteiger partial charge in [-0.25, -0.2) is 4.79 Å². The van der Waals surface area contributed by atoms with E-state index >= 15 is 0 Å². The number of carbonyl (C=O) groups excluding carboxylic acids is 1. The maximum atomic E-state index is 12.3. The lowest BCUT2D eigenvalue weighted by atomic mass is 10.1. The molecule has 0 unspecified atom stereocenters. The van der Waals surface area contributed by atoms with Gasteiger partial charge in [0, 0.05) is 43.6 Å². The van der Waals surface area contributed by atoms with Crippen LogP contribution in [0.3, 0.4) is 0 Å². The molecule has 1 heterocycles. The Kier molecular flexibility index (Phi) is 7.49. The maximum Gasteiger partial charge on any atom is 0.341 e. The molecule has 1 aromatic heterocycles. The topological polar surface area (TPSA) is 91.9 Å². The fraction of sp³-hybridized carbons (Fsp3) is 0.304. The Labute approximate surface area is 180 Å². The molecule has 0 aliphatic rings. The van der Waals surface area contributed by atoms with Crippen molar-refractivity contribution in [2.75, 3.05) is 40.8 Å². The van der Waals surface area contributed by atoms with Crippen molar-refractivity contribution in [3.05, 3.63) is 53.7 Å². The van der Waals surface area contributed by atoms with Crippen LogP contribution in [-0.2, 0) is 14.2 Å². The maximum absolute atomic E-state index is 12.3. The number of aromatic nitrogens is 1. The fourth-order valence-electron chi connectivity index (χ4n) is 3.12. The molecular formula is C23H24N2O6. The summed E-state index contributed by atoms with van der Waals surface area (Å²) in [7, 11) is 3.11. The number of hydrogen-bond acceptors (Lipinski definition) is 7. The van der Waals surface area contributed by atoms with E-state index in [1.54, 1.807) is 38.4 Å². The third-order valence-electron chi connectivity index (χ3n) is 4.52. The monoisotopic (exact) mass is 424 g/mol. The summed E-state index contributed by atoms with van der Waals surface area (Å²) in [5.41, 5.74) is 2.31. The number of nitrogens with zero attached hydrogens (tertiary/aromatic N) is 2. The van der Waals surface area contributed by atoms with E-state index in [2.05, 4.69) is 6.07 Å². The Morgan fingerprint density at radius 2 is 1.90 bits per heavy atom. The molecule has 0 bridgehead atoms. The highest BCUT2D eigenvalue weighted by atomic mass is 16.7. The Hall–Kier alpha value is -3.54. The van der Waals surface area contributed by atoms with Gasteiger partial charge in [0.05, 0.1) is 24.3 Å². The molecule has 0 fully saturated rings. The van der Waals surface area contributed by atoms with Crippen LogP contribution in [0.1, 0.15) is 22.8 Å². The molecular weight excluding hydrogens is 400 g/mol. The first kappa shape index (κ1) is 22.2. The molecule has 0 saturated carbocycles. The van der Waals surface area contributed by atoms with Crippen molar-refractivity contribution in [1.82, 2.24) is 4.57 Å². The van der Waals surface area contributed by atoms with Crippen LogP contribution in [0.5, 0.6) is 11.5 Å². The molecule has 0 amide bonds. The summed E-state index contributed by atoms with van der Waals surface area (Å²) in [6.07, 6.45) is 1.74. The molecule has 0 spiro atoms. The zero-order chi connectivity index (χ0) is 22.2. The SMILES string of the molecule is CCOC(=O)c1ccc(-n2cc(C#N)c3ccc(OCCOC)cc32)cc1OCOC. The molecule has 0 aliphatic carbocycles. The van der Waals surface area contributed by atoms with Crippen molar-refractivity contribution < 1.29 is 28.5 Å². The van der Waals surface area contributed by atoms with Crippen LogP contribution in [0.4, 0.5) is 0 Å². The third kappa shape index (κ3) is 4.97. The predicted molar refractivity (Wildman–Crippen MR) is 114 cm³/mol. The van der Waals surface area contributed by atoms with Crippen molar-refractivity contribution in [1.29, 1.82) is 5.26 Å². The van der Waals surface area contributed by atoms with Crippen molar-refractivity contribution in [2.45, 2.75) is 6.92 Å². The highest BCUT2D eigenvalue weighted by Crippen LogP contribution is 2.31. The van der Waals surface area contributed by atoms with Gasteiger partial charge in [0.15, 0.2) is 6.79 Å². The van der Waals surface area contributed by atoms with E-state index in [0.717, 1.165) is 10.9 Å². The van der Waals surface area contributed by atoms with E-state index in [1.807, 2.05) is 22.8 Å². The Balaban J connectivity index is 2.07. The highest BCUT2D eigenvalue weighted by molar-refractivity contribution is 5.93. The molecule has 3 rings (SSSR count). The molecule has 0 atom stereocenters. The van der Waals surface area contributed by atoms with Crippen LogP contribution in [-0.4, -0.2) is 51.4 Å². The number of ether oxygens (including phenoxy) is 5. The molecule has 31 heavy (non-hydrogen) atoms. The van der Waals surface area contributed by atoms with Gasteiger partial charge in [-0.3, -0.25) is 0 Å². The first-order chi connectivity index (χ1) is 15.1. The van der Waals surface area contributed by atoms with Gasteiger partial charge in [0.1, 0.15) is 29.7 Å². The van der Waals surface area contributed by atoms with E-state index in [-0.39, 0.29) is 13.4 Å². The predicted octanol–water partition coefficient (Wildman–Crippen LogP) is 3.69. The minimum Gasteiger partial charge on any atom is -0.491 e. The van der Waals surface area contributed by atoms with Crippen LogP contribution in [0.25, 0.3) is 16.6 Å². The highest BCUT2D eigenvalue weighted by Gasteiger charge is 2.17. The van der Waals surface area contributed by atoms with E-state index in [9.17, 15) is 10.1 Å². The first-order valence-corrected chi connectivity index (χ1v) is 9.73. The van der Waals surface area contributed by atoms with Gasteiger partial charge in [-0.05, 0) is 31.2 Å².